The number of aliphatic hydroxyl groups is 10. The Hall–Kier alpha value is -5.33. The summed E-state index contributed by atoms with van der Waals surface area (Å²) in [6.07, 6.45) is -11.1. The lowest BCUT2D eigenvalue weighted by molar-refractivity contribution is -0.308. The summed E-state index contributed by atoms with van der Waals surface area (Å²) in [6, 6.07) is 14.8. The Labute approximate surface area is 582 Å². The van der Waals surface area contributed by atoms with Crippen molar-refractivity contribution in [3.63, 3.8) is 0 Å². The summed E-state index contributed by atoms with van der Waals surface area (Å²) >= 11 is 0. The highest BCUT2D eigenvalue weighted by Gasteiger charge is 2.53. The molecule has 0 aromatic heterocycles. The maximum absolute atomic E-state index is 12.8. The smallest absolute Gasteiger partial charge is 0.481 e. The van der Waals surface area contributed by atoms with Crippen molar-refractivity contribution in [2.45, 2.75) is 229 Å². The molecule has 99 heavy (non-hydrogen) atoms. The number of amides is 2. The van der Waals surface area contributed by atoms with Gasteiger partial charge < -0.3 is 125 Å². The van der Waals surface area contributed by atoms with E-state index in [2.05, 4.69) is 40.8 Å². The summed E-state index contributed by atoms with van der Waals surface area (Å²) < 4.78 is 57.0. The van der Waals surface area contributed by atoms with E-state index in [0.29, 0.717) is 11.5 Å². The minimum atomic E-state index is -3.95. The van der Waals surface area contributed by atoms with E-state index in [9.17, 15) is 75.1 Å². The number of carbonyl (C=O) groups is 3. The van der Waals surface area contributed by atoms with Gasteiger partial charge in [-0.15, -0.1) is 0 Å². The van der Waals surface area contributed by atoms with Crippen LogP contribution in [0.5, 0.6) is 11.5 Å². The number of nitrogens with zero attached hydrogens (tertiary/aromatic N) is 6. The van der Waals surface area contributed by atoms with Gasteiger partial charge in [-0.3, -0.25) is 14.4 Å². The third-order valence-electron chi connectivity index (χ3n) is 15.9. The molecule has 16 N–H and O–H groups in total. The van der Waals surface area contributed by atoms with Gasteiger partial charge in [0.05, 0.1) is 91.2 Å². The molecule has 2 amide bonds. The zero-order valence-corrected chi connectivity index (χ0v) is 61.0. The Morgan fingerprint density at radius 1 is 0.687 bits per heavy atom. The minimum Gasteiger partial charge on any atom is -0.481 e. The Balaban J connectivity index is 0.000000681. The first-order chi connectivity index (χ1) is 46.3. The van der Waals surface area contributed by atoms with Crippen LogP contribution in [0.3, 0.4) is 0 Å². The number of aliphatic hydroxyl groups excluding tert-OH is 8. The van der Waals surface area contributed by atoms with Crippen molar-refractivity contribution in [2.24, 2.45) is 28.2 Å². The Kier molecular flexibility index (Phi) is 42.2. The van der Waals surface area contributed by atoms with Gasteiger partial charge in [-0.1, -0.05) is 81.5 Å². The Morgan fingerprint density at radius 3 is 1.31 bits per heavy atom. The molecule has 0 spiro atoms. The van der Waals surface area contributed by atoms with Crippen molar-refractivity contribution in [1.82, 2.24) is 20.0 Å². The van der Waals surface area contributed by atoms with Crippen LogP contribution in [0.2, 0.25) is 0 Å². The van der Waals surface area contributed by atoms with Crippen LogP contribution >= 0.6 is 7.75 Å². The number of allylic oxidation sites excluding steroid dienone is 2. The second kappa shape index (κ2) is 45.6. The number of hydrogen-bond acceptors (Lipinski definition) is 26. The number of aliphatic carboxylic acids is 1. The molecule has 0 radical (unpaired) electrons. The number of benzene rings is 2. The van der Waals surface area contributed by atoms with Crippen LogP contribution in [0.25, 0.3) is 10.4 Å². The van der Waals surface area contributed by atoms with Gasteiger partial charge in [0.1, 0.15) is 29.6 Å². The van der Waals surface area contributed by atoms with Crippen LogP contribution in [0.1, 0.15) is 108 Å². The van der Waals surface area contributed by atoms with Crippen LogP contribution in [-0.4, -0.2) is 272 Å². The molecular formula is C66H116N9O23P. The number of hydrogen-bond donors (Lipinski definition) is 14. The predicted octanol–water partition coefficient (Wildman–Crippen LogP) is 2.73. The molecule has 32 nitrogen and oxygen atoms in total. The van der Waals surface area contributed by atoms with E-state index < -0.39 is 147 Å². The quantitative estimate of drug-likeness (QED) is 0.0236. The van der Waals surface area contributed by atoms with E-state index in [-0.39, 0.29) is 50.3 Å². The molecule has 4 aliphatic rings. The largest absolute Gasteiger partial charge is 0.525 e. The summed E-state index contributed by atoms with van der Waals surface area (Å²) in [5, 5.41) is 115. The first-order valence-electron chi connectivity index (χ1n) is 33.0. The van der Waals surface area contributed by atoms with Crippen molar-refractivity contribution < 1.29 is 113 Å². The second-order valence-corrected chi connectivity index (χ2v) is 26.4. The molecule has 33 heteroatoms. The molecule has 4 aliphatic heterocycles. The van der Waals surface area contributed by atoms with Crippen LogP contribution < -0.4 is 25.8 Å². The summed E-state index contributed by atoms with van der Waals surface area (Å²) in [4.78, 5) is 45.6. The number of carboxylic acid groups (broad SMARTS) is 1. The number of ether oxygens (including phenoxy) is 6. The lowest BCUT2D eigenvalue weighted by atomic mass is 9.82. The van der Waals surface area contributed by atoms with Gasteiger partial charge in [0.15, 0.2) is 24.2 Å². The Bertz CT molecular complexity index is 2710. The van der Waals surface area contributed by atoms with Gasteiger partial charge >= 0.3 is 13.7 Å². The van der Waals surface area contributed by atoms with Crippen LogP contribution in [0.4, 0.5) is 0 Å². The SMILES string of the molecule is C/C=C/[C@@H](CC1O[C@](O)(C[C@H](C)O)CC(O)[C@H]1C(=O)N(C)C)OC1OC(C)C(O)C(N)C1O.C/C=C/[C@@H](CC1O[C@](O)(C[C@H](C)O)CC(O)[C@H]1C(=O)O)OC1OC(C)C(O)C(N)C1O.CC(=O)N(C)C.CCN(CC)CC.CNC.[N-]=[N+]=NP(=O)(Oc1ccccc1)Oc1ccccc1. The fourth-order valence-electron chi connectivity index (χ4n) is 10.7. The van der Waals surface area contributed by atoms with Crippen LogP contribution in [0, 0.1) is 11.8 Å². The molecule has 14 unspecified atom stereocenters. The van der Waals surface area contributed by atoms with Gasteiger partial charge in [-0.2, -0.15) is 0 Å². The molecule has 6 rings (SSSR count). The molecule has 4 saturated heterocycles. The summed E-state index contributed by atoms with van der Waals surface area (Å²) in [5.74, 6) is -7.05. The van der Waals surface area contributed by atoms with E-state index >= 15 is 0 Å². The number of rotatable bonds is 24. The van der Waals surface area contributed by atoms with Gasteiger partial charge in [-0.25, -0.2) is 4.57 Å². The zero-order chi connectivity index (χ0) is 75.7. The zero-order valence-electron chi connectivity index (χ0n) is 60.1. The third-order valence-corrected chi connectivity index (χ3v) is 17.1. The van der Waals surface area contributed by atoms with Gasteiger partial charge in [0.2, 0.25) is 11.8 Å². The third kappa shape index (κ3) is 31.8. The molecule has 22 atom stereocenters. The number of carbonyl (C=O) groups excluding carboxylic acids is 2. The van der Waals surface area contributed by atoms with Crippen molar-refractivity contribution in [1.29, 1.82) is 0 Å². The highest BCUT2D eigenvalue weighted by atomic mass is 31.2. The van der Waals surface area contributed by atoms with Crippen molar-refractivity contribution in [3.05, 3.63) is 95.4 Å². The number of carboxylic acids is 1. The average Bonchev–Trinajstić information content (AvgIpc) is 0.792. The number of nitrogens with two attached hydrogens (primary N) is 2. The van der Waals surface area contributed by atoms with E-state index in [1.165, 1.54) is 50.2 Å². The summed E-state index contributed by atoms with van der Waals surface area (Å²) in [7, 11) is 6.36. The molecule has 0 aliphatic carbocycles. The summed E-state index contributed by atoms with van der Waals surface area (Å²) in [5.41, 5.74) is 20.2. The van der Waals surface area contributed by atoms with Crippen LogP contribution in [-0.2, 0) is 47.4 Å². The van der Waals surface area contributed by atoms with E-state index in [4.69, 9.17) is 54.5 Å². The first-order valence-corrected chi connectivity index (χ1v) is 34.5. The normalized spacial score (nSPS) is 30.9. The van der Waals surface area contributed by atoms with E-state index in [0.717, 1.165) is 0 Å². The lowest BCUT2D eigenvalue weighted by Gasteiger charge is -2.46. The standard InChI is InChI=1S/C22H40N2O9.C20H35NO10.C12H10N3O3P.C6H15N.C4H9NO.C2H7N/c1-6-7-13(32-21-19(28)17(23)18(27)12(3)31-21)8-15-16(20(29)24(4)5)14(26)10-22(30,33-15)9-11(2)25;1-4-5-11(30-19-17(25)15(21)16(24)10(3)29-19)6-13-14(18(26)27)12(23)8-20(28,31-13)7-9(2)22;13-14-15-19(16,17-11-7-3-1-4-8-11)18-12-9-5-2-6-10-12;1-4-7(5-2)6-3;1-4(6)5(2)3;1-3-2/h6-7,11-19,21,25-28,30H,8-10,23H2,1-5H3;4-5,9-17,19,22-25,28H,6-8,21H2,1-3H3,(H,26,27);1-10H;4-6H2,1-3H3;1-3H3;3H,1-2H3/b7-6+;5-4+;;;;/t11-,12?,13-,14?,15?,16+,17?,18?,19?,21?,22+;9-,10?,11-,12?,13?,14+,15?,16?,17?,19?,20+;;;;/m00..../s1. The first kappa shape index (κ1) is 91.7. The molecule has 0 bridgehead atoms. The molecule has 4 heterocycles. The maximum atomic E-state index is 12.8. The lowest BCUT2D eigenvalue weighted by Crippen LogP contribution is -2.62. The number of para-hydroxylation sites is 2. The van der Waals surface area contributed by atoms with Crippen molar-refractivity contribution in [3.8, 4) is 11.5 Å². The maximum Gasteiger partial charge on any atom is 0.525 e. The monoisotopic (exact) mass is 1430 g/mol. The van der Waals surface area contributed by atoms with E-state index in [1.54, 1.807) is 141 Å². The molecular weight excluding hydrogens is 1320 g/mol. The number of azide groups is 1. The molecule has 2 aromatic carbocycles. The average molecular weight is 1430 g/mol. The Morgan fingerprint density at radius 2 is 1.03 bits per heavy atom. The molecule has 2 aromatic rings. The van der Waals surface area contributed by atoms with Crippen molar-refractivity contribution >= 4 is 25.5 Å². The van der Waals surface area contributed by atoms with Gasteiger partial charge in [0, 0.05) is 83.4 Å². The fourth-order valence-corrected chi connectivity index (χ4v) is 11.7. The second-order valence-electron chi connectivity index (χ2n) is 24.9. The molecule has 4 fully saturated rings. The minimum absolute atomic E-state index is 0.0342. The van der Waals surface area contributed by atoms with Gasteiger partial charge in [-0.05, 0) is 105 Å². The predicted molar refractivity (Wildman–Crippen MR) is 368 cm³/mol. The molecule has 0 saturated carbocycles. The van der Waals surface area contributed by atoms with Crippen LogP contribution in [0.15, 0.2) is 89.9 Å². The van der Waals surface area contributed by atoms with Crippen molar-refractivity contribution in [2.75, 3.05) is 61.9 Å². The van der Waals surface area contributed by atoms with Gasteiger partial charge in [0.25, 0.3) is 0 Å². The number of nitrogens with one attached hydrogen (secondary N) is 1. The fraction of sp³-hybridized carbons (Fsp3) is 0.712. The topological polar surface area (TPSA) is 487 Å². The highest BCUT2D eigenvalue weighted by Crippen LogP contribution is 2.50. The molecule has 568 valence electrons. The summed E-state index contributed by atoms with van der Waals surface area (Å²) in [6.45, 7) is 21.2. The highest BCUT2D eigenvalue weighted by molar-refractivity contribution is 7.53. The van der Waals surface area contributed by atoms with E-state index in [1.807, 2.05) is 14.1 Å².